The fraction of sp³-hybridized carbons (Fsp3) is 0.435. The topological polar surface area (TPSA) is 40.8 Å². The molecule has 0 fully saturated rings. The van der Waals surface area contributed by atoms with Crippen molar-refractivity contribution in [2.45, 2.75) is 33.2 Å². The third-order valence-electron chi connectivity index (χ3n) is 5.26. The Morgan fingerprint density at radius 3 is 2.27 bits per heavy atom. The molecule has 5 nitrogen and oxygen atoms in total. The predicted octanol–water partition coefficient (Wildman–Crippen LogP) is 5.41. The lowest BCUT2D eigenvalue weighted by Crippen LogP contribution is -2.32. The van der Waals surface area contributed by atoms with Crippen molar-refractivity contribution in [2.24, 2.45) is 5.92 Å². The first kappa shape index (κ1) is 19.7. The Labute approximate surface area is 184 Å². The van der Waals surface area contributed by atoms with Gasteiger partial charge in [-0.2, -0.15) is 0 Å². The largest absolute Gasteiger partial charge is 0.485 e. The Kier molecular flexibility index (Phi) is 5.56. The number of fused-ring (bicyclic) bond motifs is 2. The van der Waals surface area contributed by atoms with Gasteiger partial charge in [-0.05, 0) is 12.3 Å². The van der Waals surface area contributed by atoms with Gasteiger partial charge in [0.25, 0.3) is 0 Å². The van der Waals surface area contributed by atoms with Crippen LogP contribution in [0.5, 0.6) is 23.0 Å². The Morgan fingerprint density at radius 2 is 1.53 bits per heavy atom. The Hall–Kier alpha value is -2.25. The summed E-state index contributed by atoms with van der Waals surface area (Å²) in [6, 6.07) is 4.35. The number of nitrogens with zero attached hydrogens (tertiary/aromatic N) is 1. The van der Waals surface area contributed by atoms with Gasteiger partial charge in [0.1, 0.15) is 33.0 Å². The standard InChI is InChI=1S/C23H26NO4S2/c1-15(2)4-3-7-24-8-5-16(6-9-24)21-19-20(28-13-12-27-19)23(30-21)22-18-17(14-29-22)25-10-11-26-18/h5-6,8-9,14-15H,3-4,7,10-13H2,1-2H3/q+1. The van der Waals surface area contributed by atoms with E-state index in [4.69, 9.17) is 18.9 Å². The zero-order valence-electron chi connectivity index (χ0n) is 17.3. The molecule has 2 aliphatic rings. The number of hydrogen-bond acceptors (Lipinski definition) is 6. The number of hydrogen-bond donors (Lipinski definition) is 0. The molecule has 0 saturated carbocycles. The average molecular weight is 445 g/mol. The number of rotatable bonds is 6. The molecule has 0 N–H and O–H groups in total. The first-order valence-corrected chi connectivity index (χ1v) is 12.2. The van der Waals surface area contributed by atoms with E-state index in [1.165, 1.54) is 12.8 Å². The molecule has 0 atom stereocenters. The fourth-order valence-electron chi connectivity index (χ4n) is 3.75. The molecular formula is C23H26NO4S2+. The molecule has 2 aliphatic heterocycles. The second-order valence-corrected chi connectivity index (χ2v) is 9.83. The van der Waals surface area contributed by atoms with Gasteiger partial charge in [-0.3, -0.25) is 0 Å². The van der Waals surface area contributed by atoms with Crippen molar-refractivity contribution in [3.8, 4) is 43.2 Å². The first-order chi connectivity index (χ1) is 14.7. The minimum Gasteiger partial charge on any atom is -0.485 e. The summed E-state index contributed by atoms with van der Waals surface area (Å²) in [4.78, 5) is 3.22. The van der Waals surface area contributed by atoms with E-state index in [-0.39, 0.29) is 0 Å². The lowest BCUT2D eigenvalue weighted by molar-refractivity contribution is -0.697. The van der Waals surface area contributed by atoms with Gasteiger partial charge in [0.15, 0.2) is 35.4 Å². The highest BCUT2D eigenvalue weighted by molar-refractivity contribution is 7.24. The van der Waals surface area contributed by atoms with Crippen LogP contribution in [0.4, 0.5) is 0 Å². The third-order valence-corrected chi connectivity index (χ3v) is 7.56. The molecule has 0 radical (unpaired) electrons. The van der Waals surface area contributed by atoms with Crippen molar-refractivity contribution in [2.75, 3.05) is 26.4 Å². The second-order valence-electron chi connectivity index (χ2n) is 7.93. The summed E-state index contributed by atoms with van der Waals surface area (Å²) in [5.41, 5.74) is 1.15. The van der Waals surface area contributed by atoms with E-state index in [1.807, 2.05) is 5.38 Å². The molecule has 7 heteroatoms. The van der Waals surface area contributed by atoms with Gasteiger partial charge in [-0.25, -0.2) is 4.57 Å². The van der Waals surface area contributed by atoms with E-state index < -0.39 is 0 Å². The van der Waals surface area contributed by atoms with E-state index in [0.717, 1.165) is 55.7 Å². The van der Waals surface area contributed by atoms with Crippen LogP contribution in [-0.2, 0) is 6.54 Å². The molecule has 0 saturated heterocycles. The summed E-state index contributed by atoms with van der Waals surface area (Å²) < 4.78 is 26.0. The highest BCUT2D eigenvalue weighted by atomic mass is 32.1. The maximum Gasteiger partial charge on any atom is 0.181 e. The normalized spacial score (nSPS) is 14.9. The molecular weight excluding hydrogens is 418 g/mol. The molecule has 158 valence electrons. The molecule has 0 bridgehead atoms. The highest BCUT2D eigenvalue weighted by Crippen LogP contribution is 2.58. The second kappa shape index (κ2) is 8.47. The summed E-state index contributed by atoms with van der Waals surface area (Å²) in [5, 5.41) is 2.02. The summed E-state index contributed by atoms with van der Waals surface area (Å²) in [5.74, 6) is 4.07. The molecule has 0 aromatic carbocycles. The van der Waals surface area contributed by atoms with E-state index in [1.54, 1.807) is 22.7 Å². The van der Waals surface area contributed by atoms with Crippen molar-refractivity contribution in [3.05, 3.63) is 29.9 Å². The van der Waals surface area contributed by atoms with Gasteiger partial charge < -0.3 is 18.9 Å². The molecule has 0 aliphatic carbocycles. The van der Waals surface area contributed by atoms with Crippen LogP contribution in [0, 0.1) is 5.92 Å². The van der Waals surface area contributed by atoms with Crippen LogP contribution in [0.25, 0.3) is 20.2 Å². The minimum atomic E-state index is 0.561. The zero-order valence-corrected chi connectivity index (χ0v) is 18.9. The molecule has 0 unspecified atom stereocenters. The van der Waals surface area contributed by atoms with Crippen LogP contribution in [0.15, 0.2) is 29.9 Å². The molecule has 3 aromatic rings. The highest BCUT2D eigenvalue weighted by Gasteiger charge is 2.31. The van der Waals surface area contributed by atoms with Crippen LogP contribution in [0.3, 0.4) is 0 Å². The van der Waals surface area contributed by atoms with Crippen molar-refractivity contribution in [3.63, 3.8) is 0 Å². The SMILES string of the molecule is CC(C)CCC[n+]1ccc(-c2sc(-c3scc4c3OCCO4)c3c2OCCO3)cc1. The summed E-state index contributed by atoms with van der Waals surface area (Å²) in [6.07, 6.45) is 6.77. The van der Waals surface area contributed by atoms with Gasteiger partial charge in [0, 0.05) is 29.5 Å². The van der Waals surface area contributed by atoms with Crippen molar-refractivity contribution in [1.82, 2.24) is 0 Å². The lowest BCUT2D eigenvalue weighted by atomic mass is 10.1. The van der Waals surface area contributed by atoms with E-state index >= 15 is 0 Å². The molecule has 5 rings (SSSR count). The Morgan fingerprint density at radius 1 is 0.867 bits per heavy atom. The van der Waals surface area contributed by atoms with Crippen LogP contribution < -0.4 is 23.5 Å². The number of pyridine rings is 1. The van der Waals surface area contributed by atoms with E-state index in [2.05, 4.69) is 42.9 Å². The smallest absolute Gasteiger partial charge is 0.181 e. The fourth-order valence-corrected chi connectivity index (χ4v) is 6.02. The molecule has 0 spiro atoms. The molecule has 3 aromatic heterocycles. The summed E-state index contributed by atoms with van der Waals surface area (Å²) in [7, 11) is 0. The number of ether oxygens (including phenoxy) is 4. The maximum absolute atomic E-state index is 6.06. The Bertz CT molecular complexity index is 1020. The molecule has 30 heavy (non-hydrogen) atoms. The number of aryl methyl sites for hydroxylation is 1. The Balaban J connectivity index is 1.47. The van der Waals surface area contributed by atoms with Gasteiger partial charge in [-0.15, -0.1) is 22.7 Å². The monoisotopic (exact) mass is 444 g/mol. The molecule has 0 amide bonds. The zero-order chi connectivity index (χ0) is 20.5. The van der Waals surface area contributed by atoms with Crippen LogP contribution >= 0.6 is 22.7 Å². The van der Waals surface area contributed by atoms with Gasteiger partial charge in [-0.1, -0.05) is 13.8 Å². The third kappa shape index (κ3) is 3.76. The number of aromatic nitrogens is 1. The first-order valence-electron chi connectivity index (χ1n) is 10.5. The lowest BCUT2D eigenvalue weighted by Gasteiger charge is -2.18. The maximum atomic E-state index is 6.06. The van der Waals surface area contributed by atoms with Gasteiger partial charge >= 0.3 is 0 Å². The predicted molar refractivity (Wildman–Crippen MR) is 119 cm³/mol. The van der Waals surface area contributed by atoms with Gasteiger partial charge in [0.2, 0.25) is 0 Å². The van der Waals surface area contributed by atoms with E-state index in [0.29, 0.717) is 26.4 Å². The van der Waals surface area contributed by atoms with Crippen molar-refractivity contribution in [1.29, 1.82) is 0 Å². The number of thiophene rings is 2. The average Bonchev–Trinajstić information content (AvgIpc) is 3.36. The van der Waals surface area contributed by atoms with Crippen molar-refractivity contribution < 1.29 is 23.5 Å². The minimum absolute atomic E-state index is 0.561. The van der Waals surface area contributed by atoms with Crippen molar-refractivity contribution >= 4 is 22.7 Å². The quantitative estimate of drug-likeness (QED) is 0.477. The van der Waals surface area contributed by atoms with Gasteiger partial charge in [0.05, 0.1) is 14.6 Å². The summed E-state index contributed by atoms with van der Waals surface area (Å²) >= 11 is 3.34. The van der Waals surface area contributed by atoms with Crippen LogP contribution in [0.1, 0.15) is 26.7 Å². The van der Waals surface area contributed by atoms with E-state index in [9.17, 15) is 0 Å². The summed E-state index contributed by atoms with van der Waals surface area (Å²) in [6.45, 7) is 7.89. The van der Waals surface area contributed by atoms with Crippen LogP contribution in [0.2, 0.25) is 0 Å². The van der Waals surface area contributed by atoms with Crippen LogP contribution in [-0.4, -0.2) is 26.4 Å². The molecule has 5 heterocycles.